The summed E-state index contributed by atoms with van der Waals surface area (Å²) in [6, 6.07) is 7.09. The van der Waals surface area contributed by atoms with Crippen molar-refractivity contribution in [3.05, 3.63) is 23.8 Å². The largest absolute Gasteiger partial charge is 0.495 e. The third-order valence-electron chi connectivity index (χ3n) is 2.14. The van der Waals surface area contributed by atoms with E-state index in [-0.39, 0.29) is 12.3 Å². The van der Waals surface area contributed by atoms with Crippen molar-refractivity contribution in [2.45, 2.75) is 0 Å². The summed E-state index contributed by atoms with van der Waals surface area (Å²) in [5.41, 5.74) is 0.957. The zero-order valence-corrected chi connectivity index (χ0v) is 10.5. The van der Waals surface area contributed by atoms with E-state index in [9.17, 15) is 8.42 Å². The Labute approximate surface area is 101 Å². The van der Waals surface area contributed by atoms with Crippen LogP contribution in [-0.2, 0) is 9.84 Å². The number of nitrogens with zero attached hydrogens (tertiary/aromatic N) is 1. The van der Waals surface area contributed by atoms with Crippen LogP contribution >= 0.6 is 0 Å². The van der Waals surface area contributed by atoms with Crippen LogP contribution in [0.25, 0.3) is 0 Å². The highest BCUT2D eigenvalue weighted by Crippen LogP contribution is 2.27. The summed E-state index contributed by atoms with van der Waals surface area (Å²) in [5, 5.41) is 11.8. The van der Waals surface area contributed by atoms with Gasteiger partial charge in [0.1, 0.15) is 21.7 Å². The molecule has 0 saturated carbocycles. The number of hydrogen-bond acceptors (Lipinski definition) is 5. The first-order chi connectivity index (χ1) is 7.98. The minimum absolute atomic E-state index is 0.00984. The Bertz CT molecular complexity index is 532. The van der Waals surface area contributed by atoms with E-state index in [1.54, 1.807) is 18.2 Å². The summed E-state index contributed by atoms with van der Waals surface area (Å²) in [6.45, 7) is 0.244. The van der Waals surface area contributed by atoms with Gasteiger partial charge in [-0.3, -0.25) is 0 Å². The van der Waals surface area contributed by atoms with Crippen LogP contribution in [0.4, 0.5) is 5.69 Å². The lowest BCUT2D eigenvalue weighted by Crippen LogP contribution is -2.15. The molecule has 1 rings (SSSR count). The average molecular weight is 254 g/mol. The molecule has 0 amide bonds. The Morgan fingerprint density at radius 3 is 2.71 bits per heavy atom. The maximum absolute atomic E-state index is 11.0. The van der Waals surface area contributed by atoms with Crippen molar-refractivity contribution in [1.29, 1.82) is 5.26 Å². The van der Waals surface area contributed by atoms with Gasteiger partial charge < -0.3 is 10.1 Å². The molecule has 0 spiro atoms. The van der Waals surface area contributed by atoms with E-state index in [4.69, 9.17) is 10.00 Å². The highest BCUT2D eigenvalue weighted by molar-refractivity contribution is 7.90. The second-order valence-electron chi connectivity index (χ2n) is 3.55. The van der Waals surface area contributed by atoms with Gasteiger partial charge in [-0.05, 0) is 12.1 Å². The lowest BCUT2D eigenvalue weighted by molar-refractivity contribution is 0.416. The van der Waals surface area contributed by atoms with E-state index in [1.165, 1.54) is 13.4 Å². The van der Waals surface area contributed by atoms with Gasteiger partial charge in [0.05, 0.1) is 24.1 Å². The molecule has 1 N–H and O–H groups in total. The number of nitrogens with one attached hydrogen (secondary N) is 1. The van der Waals surface area contributed by atoms with Crippen LogP contribution < -0.4 is 10.1 Å². The number of nitriles is 1. The lowest BCUT2D eigenvalue weighted by Gasteiger charge is -2.11. The molecule has 6 heteroatoms. The zero-order valence-electron chi connectivity index (χ0n) is 9.73. The van der Waals surface area contributed by atoms with E-state index < -0.39 is 9.84 Å². The van der Waals surface area contributed by atoms with Gasteiger partial charge in [-0.25, -0.2) is 8.42 Å². The summed E-state index contributed by atoms with van der Waals surface area (Å²) in [6.07, 6.45) is 1.17. The summed E-state index contributed by atoms with van der Waals surface area (Å²) in [4.78, 5) is 0. The van der Waals surface area contributed by atoms with Gasteiger partial charge in [0, 0.05) is 12.8 Å². The topological polar surface area (TPSA) is 79.2 Å². The summed E-state index contributed by atoms with van der Waals surface area (Å²) < 4.78 is 27.1. The van der Waals surface area contributed by atoms with Gasteiger partial charge >= 0.3 is 0 Å². The summed E-state index contributed by atoms with van der Waals surface area (Å²) in [7, 11) is -1.52. The second kappa shape index (κ2) is 5.55. The number of ether oxygens (including phenoxy) is 1. The first-order valence-corrected chi connectivity index (χ1v) is 7.02. The maximum Gasteiger partial charge on any atom is 0.149 e. The molecular formula is C11H14N2O3S. The molecule has 1 aromatic rings. The number of para-hydroxylation sites is 1. The van der Waals surface area contributed by atoms with Crippen molar-refractivity contribution in [1.82, 2.24) is 0 Å². The highest BCUT2D eigenvalue weighted by atomic mass is 32.2. The zero-order chi connectivity index (χ0) is 12.9. The molecule has 0 bridgehead atoms. The standard InChI is InChI=1S/C11H14N2O3S/c1-16-10-5-3-4-9(8-12)11(10)13-6-7-17(2,14)15/h3-5,13H,6-7H2,1-2H3. The third kappa shape index (κ3) is 3.96. The fraction of sp³-hybridized carbons (Fsp3) is 0.364. The van der Waals surface area contributed by atoms with Crippen molar-refractivity contribution in [2.75, 3.05) is 31.0 Å². The minimum atomic E-state index is -3.02. The predicted molar refractivity (Wildman–Crippen MR) is 65.9 cm³/mol. The fourth-order valence-electron chi connectivity index (χ4n) is 1.34. The number of rotatable bonds is 5. The van der Waals surface area contributed by atoms with Crippen molar-refractivity contribution < 1.29 is 13.2 Å². The van der Waals surface area contributed by atoms with Crippen LogP contribution in [0, 0.1) is 11.3 Å². The summed E-state index contributed by atoms with van der Waals surface area (Å²) >= 11 is 0. The molecule has 0 radical (unpaired) electrons. The lowest BCUT2D eigenvalue weighted by atomic mass is 10.2. The van der Waals surface area contributed by atoms with Crippen molar-refractivity contribution in [3.8, 4) is 11.8 Å². The quantitative estimate of drug-likeness (QED) is 0.848. The molecule has 0 heterocycles. The molecule has 17 heavy (non-hydrogen) atoms. The van der Waals surface area contributed by atoms with Crippen LogP contribution in [0.3, 0.4) is 0 Å². The first-order valence-electron chi connectivity index (χ1n) is 4.96. The molecule has 0 aromatic heterocycles. The van der Waals surface area contributed by atoms with Crippen molar-refractivity contribution >= 4 is 15.5 Å². The molecular weight excluding hydrogens is 240 g/mol. The van der Waals surface area contributed by atoms with Gasteiger partial charge in [0.2, 0.25) is 0 Å². The molecule has 0 aliphatic heterocycles. The highest BCUT2D eigenvalue weighted by Gasteiger charge is 2.09. The second-order valence-corrected chi connectivity index (χ2v) is 5.81. The molecule has 92 valence electrons. The average Bonchev–Trinajstić information content (AvgIpc) is 2.27. The minimum Gasteiger partial charge on any atom is -0.495 e. The van der Waals surface area contributed by atoms with Gasteiger partial charge in [0.15, 0.2) is 0 Å². The Morgan fingerprint density at radius 1 is 1.47 bits per heavy atom. The van der Waals surface area contributed by atoms with Crippen LogP contribution in [-0.4, -0.2) is 34.1 Å². The molecule has 0 aliphatic rings. The van der Waals surface area contributed by atoms with Crippen LogP contribution in [0.1, 0.15) is 5.56 Å². The predicted octanol–water partition coefficient (Wildman–Crippen LogP) is 1.02. The van der Waals surface area contributed by atoms with E-state index in [0.29, 0.717) is 17.0 Å². The molecule has 0 unspecified atom stereocenters. The maximum atomic E-state index is 11.0. The Morgan fingerprint density at radius 2 is 2.18 bits per heavy atom. The van der Waals surface area contributed by atoms with E-state index in [1.807, 2.05) is 6.07 Å². The van der Waals surface area contributed by atoms with Gasteiger partial charge in [-0.2, -0.15) is 5.26 Å². The molecule has 5 nitrogen and oxygen atoms in total. The Balaban J connectivity index is 2.86. The number of methoxy groups -OCH3 is 1. The van der Waals surface area contributed by atoms with Crippen molar-refractivity contribution in [2.24, 2.45) is 0 Å². The number of hydrogen-bond donors (Lipinski definition) is 1. The fourth-order valence-corrected chi connectivity index (χ4v) is 1.81. The summed E-state index contributed by atoms with van der Waals surface area (Å²) in [5.74, 6) is 0.535. The van der Waals surface area contributed by atoms with E-state index in [0.717, 1.165) is 0 Å². The SMILES string of the molecule is COc1cccc(C#N)c1NCCS(C)(=O)=O. The Kier molecular flexibility index (Phi) is 4.35. The Hall–Kier alpha value is -1.74. The van der Waals surface area contributed by atoms with Crippen molar-refractivity contribution in [3.63, 3.8) is 0 Å². The molecule has 0 aliphatic carbocycles. The molecule has 0 atom stereocenters. The normalized spacial score (nSPS) is 10.6. The third-order valence-corrected chi connectivity index (χ3v) is 3.09. The molecule has 0 fully saturated rings. The molecule has 1 aromatic carbocycles. The smallest absolute Gasteiger partial charge is 0.149 e. The van der Waals surface area contributed by atoms with Crippen LogP contribution in [0.2, 0.25) is 0 Å². The number of anilines is 1. The van der Waals surface area contributed by atoms with Gasteiger partial charge in [0.25, 0.3) is 0 Å². The van der Waals surface area contributed by atoms with Gasteiger partial charge in [-0.1, -0.05) is 6.07 Å². The monoisotopic (exact) mass is 254 g/mol. The van der Waals surface area contributed by atoms with Crippen LogP contribution in [0.5, 0.6) is 5.75 Å². The number of sulfone groups is 1. The molecule has 0 saturated heterocycles. The van der Waals surface area contributed by atoms with E-state index >= 15 is 0 Å². The van der Waals surface area contributed by atoms with E-state index in [2.05, 4.69) is 5.32 Å². The first kappa shape index (κ1) is 13.3. The van der Waals surface area contributed by atoms with Crippen LogP contribution in [0.15, 0.2) is 18.2 Å². The van der Waals surface area contributed by atoms with Gasteiger partial charge in [-0.15, -0.1) is 0 Å². The number of benzene rings is 1.